The minimum atomic E-state index is -3.39. The van der Waals surface area contributed by atoms with Crippen LogP contribution in [0.2, 0.25) is 0 Å². The fourth-order valence-corrected chi connectivity index (χ4v) is 4.58. The number of rotatable bonds is 7. The zero-order valence-electron chi connectivity index (χ0n) is 15.5. The van der Waals surface area contributed by atoms with Crippen LogP contribution < -0.4 is 5.32 Å². The van der Waals surface area contributed by atoms with Crippen molar-refractivity contribution in [1.82, 2.24) is 10.2 Å². The molecule has 1 amide bonds. The van der Waals surface area contributed by atoms with Gasteiger partial charge in [-0.15, -0.1) is 5.10 Å². The summed E-state index contributed by atoms with van der Waals surface area (Å²) in [6.07, 6.45) is 5.92. The van der Waals surface area contributed by atoms with Crippen LogP contribution in [0.5, 0.6) is 0 Å². The summed E-state index contributed by atoms with van der Waals surface area (Å²) in [6, 6.07) is 6.80. The molecule has 0 unspecified atom stereocenters. The fraction of sp³-hybridized carbons (Fsp3) is 0.526. The van der Waals surface area contributed by atoms with E-state index in [0.717, 1.165) is 31.2 Å². The molecule has 0 atom stereocenters. The summed E-state index contributed by atoms with van der Waals surface area (Å²) in [6.45, 7) is 1.90. The van der Waals surface area contributed by atoms with Crippen molar-refractivity contribution in [3.8, 4) is 0 Å². The monoisotopic (exact) mass is 391 g/mol. The molecule has 1 aromatic heterocycles. The van der Waals surface area contributed by atoms with Crippen molar-refractivity contribution >= 4 is 21.8 Å². The molecule has 0 radical (unpaired) electrons. The molecule has 1 fully saturated rings. The van der Waals surface area contributed by atoms with Gasteiger partial charge in [-0.1, -0.05) is 42.1 Å². The normalized spacial score (nSPS) is 15.6. The second-order valence-electron chi connectivity index (χ2n) is 7.06. The number of benzene rings is 1. The summed E-state index contributed by atoms with van der Waals surface area (Å²) in [4.78, 5) is 12.3. The number of carbonyl (C=O) groups is 1. The topological polar surface area (TPSA) is 102 Å². The molecule has 7 nitrogen and oxygen atoms in total. The molecule has 0 saturated heterocycles. The molecule has 0 aliphatic heterocycles. The molecule has 0 bridgehead atoms. The standard InChI is InChI=1S/C19H25N3O4S/c1-14-9-11-16(12-10-14)27(24,25)13-5-8-17(23)20-19-22-21-18(26-19)15-6-3-2-4-7-15/h9-12,15H,2-8,13H2,1H3,(H,20,22,23). The number of aromatic nitrogens is 2. The van der Waals surface area contributed by atoms with Crippen molar-refractivity contribution in [1.29, 1.82) is 0 Å². The van der Waals surface area contributed by atoms with Crippen molar-refractivity contribution in [3.63, 3.8) is 0 Å². The highest BCUT2D eigenvalue weighted by Gasteiger charge is 2.22. The highest BCUT2D eigenvalue weighted by Crippen LogP contribution is 2.32. The lowest BCUT2D eigenvalue weighted by molar-refractivity contribution is -0.116. The largest absolute Gasteiger partial charge is 0.408 e. The van der Waals surface area contributed by atoms with E-state index in [4.69, 9.17) is 4.42 Å². The van der Waals surface area contributed by atoms with E-state index in [9.17, 15) is 13.2 Å². The average molecular weight is 391 g/mol. The second-order valence-corrected chi connectivity index (χ2v) is 9.17. The van der Waals surface area contributed by atoms with Crippen molar-refractivity contribution < 1.29 is 17.6 Å². The van der Waals surface area contributed by atoms with Gasteiger partial charge in [0.2, 0.25) is 11.8 Å². The molecule has 1 aliphatic rings. The number of sulfone groups is 1. The van der Waals surface area contributed by atoms with Gasteiger partial charge < -0.3 is 4.42 Å². The fourth-order valence-electron chi connectivity index (χ4n) is 3.27. The van der Waals surface area contributed by atoms with Gasteiger partial charge in [0.25, 0.3) is 0 Å². The number of hydrogen-bond acceptors (Lipinski definition) is 6. The number of amides is 1. The predicted molar refractivity (Wildman–Crippen MR) is 101 cm³/mol. The Morgan fingerprint density at radius 3 is 2.56 bits per heavy atom. The average Bonchev–Trinajstić information content (AvgIpc) is 3.11. The first kappa shape index (κ1) is 19.5. The Morgan fingerprint density at radius 1 is 1.15 bits per heavy atom. The van der Waals surface area contributed by atoms with Crippen LogP contribution in [0.25, 0.3) is 0 Å². The predicted octanol–water partition coefficient (Wildman–Crippen LogP) is 3.62. The third-order valence-corrected chi connectivity index (χ3v) is 6.65. The van der Waals surface area contributed by atoms with Crippen molar-refractivity contribution in [2.24, 2.45) is 0 Å². The zero-order chi connectivity index (χ0) is 19.3. The zero-order valence-corrected chi connectivity index (χ0v) is 16.3. The summed E-state index contributed by atoms with van der Waals surface area (Å²) in [5, 5.41) is 10.5. The number of nitrogens with zero attached hydrogens (tertiary/aromatic N) is 2. The Morgan fingerprint density at radius 2 is 1.85 bits per heavy atom. The van der Waals surface area contributed by atoms with Gasteiger partial charge in [-0.2, -0.15) is 0 Å². The third kappa shape index (κ3) is 5.38. The van der Waals surface area contributed by atoms with Crippen LogP contribution in [-0.2, 0) is 14.6 Å². The molecule has 3 rings (SSSR count). The first-order valence-electron chi connectivity index (χ1n) is 9.37. The van der Waals surface area contributed by atoms with Crippen LogP contribution in [-0.4, -0.2) is 30.3 Å². The Kier molecular flexibility index (Phi) is 6.26. The molecule has 1 N–H and O–H groups in total. The SMILES string of the molecule is Cc1ccc(S(=O)(=O)CCCC(=O)Nc2nnc(C3CCCCC3)o2)cc1. The van der Waals surface area contributed by atoms with Gasteiger partial charge >= 0.3 is 6.01 Å². The van der Waals surface area contributed by atoms with Gasteiger partial charge in [0.15, 0.2) is 9.84 Å². The Hall–Kier alpha value is -2.22. The number of anilines is 1. The summed E-state index contributed by atoms with van der Waals surface area (Å²) < 4.78 is 30.1. The lowest BCUT2D eigenvalue weighted by atomic mass is 9.89. The molecule has 1 aliphatic carbocycles. The van der Waals surface area contributed by atoms with Gasteiger partial charge in [0, 0.05) is 12.3 Å². The summed E-state index contributed by atoms with van der Waals surface area (Å²) in [5.41, 5.74) is 1.00. The van der Waals surface area contributed by atoms with Crippen LogP contribution in [0, 0.1) is 6.92 Å². The van der Waals surface area contributed by atoms with Gasteiger partial charge in [-0.25, -0.2) is 8.42 Å². The third-order valence-electron chi connectivity index (χ3n) is 4.84. The van der Waals surface area contributed by atoms with E-state index in [1.54, 1.807) is 24.3 Å². The van der Waals surface area contributed by atoms with Gasteiger partial charge in [0.05, 0.1) is 10.6 Å². The second kappa shape index (κ2) is 8.65. The van der Waals surface area contributed by atoms with Crippen LogP contribution >= 0.6 is 0 Å². The van der Waals surface area contributed by atoms with Crippen LogP contribution in [0.1, 0.15) is 62.3 Å². The minimum absolute atomic E-state index is 0.0756. The van der Waals surface area contributed by atoms with E-state index in [0.29, 0.717) is 5.89 Å². The molecule has 1 heterocycles. The Labute approximate surface area is 159 Å². The first-order chi connectivity index (χ1) is 12.9. The number of hydrogen-bond donors (Lipinski definition) is 1. The Balaban J connectivity index is 1.47. The molecule has 1 aromatic carbocycles. The summed E-state index contributed by atoms with van der Waals surface area (Å²) in [7, 11) is -3.39. The molecule has 1 saturated carbocycles. The van der Waals surface area contributed by atoms with Crippen molar-refractivity contribution in [2.45, 2.75) is 62.7 Å². The first-order valence-corrected chi connectivity index (χ1v) is 11.0. The highest BCUT2D eigenvalue weighted by atomic mass is 32.2. The summed E-state index contributed by atoms with van der Waals surface area (Å²) >= 11 is 0. The maximum atomic E-state index is 12.3. The number of carbonyl (C=O) groups excluding carboxylic acids is 1. The van der Waals surface area contributed by atoms with Crippen molar-refractivity contribution in [2.75, 3.05) is 11.1 Å². The Bertz CT molecular complexity index is 869. The molecular weight excluding hydrogens is 366 g/mol. The smallest absolute Gasteiger partial charge is 0.322 e. The maximum Gasteiger partial charge on any atom is 0.322 e. The van der Waals surface area contributed by atoms with Crippen molar-refractivity contribution in [3.05, 3.63) is 35.7 Å². The molecule has 2 aromatic rings. The van der Waals surface area contributed by atoms with Crippen LogP contribution in [0.3, 0.4) is 0 Å². The number of nitrogens with one attached hydrogen (secondary N) is 1. The van der Waals surface area contributed by atoms with Gasteiger partial charge in [-0.05, 0) is 38.3 Å². The lowest BCUT2D eigenvalue weighted by Crippen LogP contribution is -2.14. The lowest BCUT2D eigenvalue weighted by Gasteiger charge is -2.17. The maximum absolute atomic E-state index is 12.3. The minimum Gasteiger partial charge on any atom is -0.408 e. The molecular formula is C19H25N3O4S. The molecule has 146 valence electrons. The quantitative estimate of drug-likeness (QED) is 0.773. The molecule has 8 heteroatoms. The van der Waals surface area contributed by atoms with Crippen LogP contribution in [0.4, 0.5) is 6.01 Å². The van der Waals surface area contributed by atoms with E-state index in [2.05, 4.69) is 15.5 Å². The van der Waals surface area contributed by atoms with E-state index in [1.807, 2.05) is 6.92 Å². The number of aryl methyl sites for hydroxylation is 1. The van der Waals surface area contributed by atoms with Gasteiger partial charge in [-0.3, -0.25) is 10.1 Å². The van der Waals surface area contributed by atoms with E-state index >= 15 is 0 Å². The van der Waals surface area contributed by atoms with Crippen LogP contribution in [0.15, 0.2) is 33.6 Å². The van der Waals surface area contributed by atoms with E-state index < -0.39 is 9.84 Å². The molecule has 0 spiro atoms. The highest BCUT2D eigenvalue weighted by molar-refractivity contribution is 7.91. The summed E-state index contributed by atoms with van der Waals surface area (Å²) in [5.74, 6) is 0.442. The molecule has 27 heavy (non-hydrogen) atoms. The van der Waals surface area contributed by atoms with E-state index in [1.165, 1.54) is 6.42 Å². The van der Waals surface area contributed by atoms with E-state index in [-0.39, 0.29) is 41.3 Å². The van der Waals surface area contributed by atoms with Gasteiger partial charge in [0.1, 0.15) is 0 Å².